The molecule has 0 aliphatic carbocycles. The van der Waals surface area contributed by atoms with Crippen LogP contribution >= 0.6 is 0 Å². The molecule has 6 nitrogen and oxygen atoms in total. The first-order valence-corrected chi connectivity index (χ1v) is 9.06. The van der Waals surface area contributed by atoms with E-state index in [1.807, 2.05) is 19.1 Å². The standard InChI is InChI=1S/C19H26N4O2/c1-14-4-5-17(11-15(14)12-20)22-19(24)21-16-6-8-23(9-7-16)13-18-3-2-10-25-18/h4-5,11,16,18H,2-3,6-10,13H2,1H3,(H2,21,22,24). The SMILES string of the molecule is Cc1ccc(NC(=O)NC2CCN(CC3CCCO3)CC2)cc1C#N. The van der Waals surface area contributed by atoms with Gasteiger partial charge >= 0.3 is 6.03 Å². The number of amides is 2. The number of ether oxygens (including phenoxy) is 1. The van der Waals surface area contributed by atoms with Crippen LogP contribution in [0.1, 0.15) is 36.8 Å². The molecule has 2 N–H and O–H groups in total. The number of carbonyl (C=O) groups excluding carboxylic acids is 1. The number of nitriles is 1. The van der Waals surface area contributed by atoms with Gasteiger partial charge in [0.2, 0.25) is 0 Å². The molecule has 2 aliphatic heterocycles. The number of piperidine rings is 1. The average molecular weight is 342 g/mol. The fraction of sp³-hybridized carbons (Fsp3) is 0.579. The summed E-state index contributed by atoms with van der Waals surface area (Å²) in [5.74, 6) is 0. The predicted octanol–water partition coefficient (Wildman–Crippen LogP) is 2.63. The van der Waals surface area contributed by atoms with E-state index in [9.17, 15) is 4.79 Å². The summed E-state index contributed by atoms with van der Waals surface area (Å²) in [5.41, 5.74) is 2.14. The van der Waals surface area contributed by atoms with Gasteiger partial charge in [0.1, 0.15) is 0 Å². The Balaban J connectivity index is 1.42. The second-order valence-electron chi connectivity index (χ2n) is 6.95. The van der Waals surface area contributed by atoms with Crippen LogP contribution < -0.4 is 10.6 Å². The summed E-state index contributed by atoms with van der Waals surface area (Å²) in [4.78, 5) is 14.6. The second kappa shape index (κ2) is 8.32. The number of aryl methyl sites for hydroxylation is 1. The molecule has 25 heavy (non-hydrogen) atoms. The lowest BCUT2D eigenvalue weighted by Crippen LogP contribution is -2.47. The number of urea groups is 1. The van der Waals surface area contributed by atoms with Gasteiger partial charge in [0.05, 0.1) is 17.7 Å². The van der Waals surface area contributed by atoms with Crippen LogP contribution in [0, 0.1) is 18.3 Å². The Hall–Kier alpha value is -2.10. The van der Waals surface area contributed by atoms with Gasteiger partial charge in [0, 0.05) is 38.0 Å². The van der Waals surface area contributed by atoms with E-state index in [0.29, 0.717) is 17.4 Å². The number of carbonyl (C=O) groups is 1. The Labute approximate surface area is 149 Å². The van der Waals surface area contributed by atoms with Crippen molar-refractivity contribution in [2.75, 3.05) is 31.6 Å². The maximum Gasteiger partial charge on any atom is 0.319 e. The first-order chi connectivity index (χ1) is 12.1. The summed E-state index contributed by atoms with van der Waals surface area (Å²) < 4.78 is 5.70. The van der Waals surface area contributed by atoms with E-state index >= 15 is 0 Å². The molecule has 0 aromatic heterocycles. The van der Waals surface area contributed by atoms with Crippen LogP contribution in [0.2, 0.25) is 0 Å². The van der Waals surface area contributed by atoms with Crippen LogP contribution in [0.4, 0.5) is 10.5 Å². The zero-order valence-corrected chi connectivity index (χ0v) is 14.8. The van der Waals surface area contributed by atoms with Crippen molar-refractivity contribution < 1.29 is 9.53 Å². The number of likely N-dealkylation sites (tertiary alicyclic amines) is 1. The minimum absolute atomic E-state index is 0.196. The second-order valence-corrected chi connectivity index (χ2v) is 6.95. The van der Waals surface area contributed by atoms with Crippen molar-refractivity contribution >= 4 is 11.7 Å². The van der Waals surface area contributed by atoms with E-state index in [-0.39, 0.29) is 12.1 Å². The number of hydrogen-bond donors (Lipinski definition) is 2. The molecule has 2 fully saturated rings. The number of benzene rings is 1. The summed E-state index contributed by atoms with van der Waals surface area (Å²) in [7, 11) is 0. The van der Waals surface area contributed by atoms with Crippen LogP contribution in [0.3, 0.4) is 0 Å². The van der Waals surface area contributed by atoms with Crippen LogP contribution in [-0.2, 0) is 4.74 Å². The molecular weight excluding hydrogens is 316 g/mol. The Morgan fingerprint density at radius 2 is 2.16 bits per heavy atom. The number of nitrogens with one attached hydrogen (secondary N) is 2. The minimum Gasteiger partial charge on any atom is -0.377 e. The molecular formula is C19H26N4O2. The molecule has 2 aliphatic rings. The Morgan fingerprint density at radius 1 is 1.36 bits per heavy atom. The molecule has 0 radical (unpaired) electrons. The monoisotopic (exact) mass is 342 g/mol. The van der Waals surface area contributed by atoms with E-state index in [1.54, 1.807) is 6.07 Å². The molecule has 1 aromatic carbocycles. The molecule has 6 heteroatoms. The first-order valence-electron chi connectivity index (χ1n) is 9.06. The fourth-order valence-corrected chi connectivity index (χ4v) is 3.51. The van der Waals surface area contributed by atoms with E-state index < -0.39 is 0 Å². The van der Waals surface area contributed by atoms with Crippen molar-refractivity contribution in [3.05, 3.63) is 29.3 Å². The lowest BCUT2D eigenvalue weighted by molar-refractivity contribution is 0.0633. The van der Waals surface area contributed by atoms with Crippen molar-refractivity contribution in [1.29, 1.82) is 5.26 Å². The molecule has 0 bridgehead atoms. The average Bonchev–Trinajstić information content (AvgIpc) is 3.11. The number of nitrogens with zero attached hydrogens (tertiary/aromatic N) is 2. The van der Waals surface area contributed by atoms with Gasteiger partial charge in [-0.1, -0.05) is 6.07 Å². The third kappa shape index (κ3) is 4.94. The van der Waals surface area contributed by atoms with Gasteiger partial charge in [0.15, 0.2) is 0 Å². The molecule has 0 saturated carbocycles. The Bertz CT molecular complexity index is 641. The number of hydrogen-bond acceptors (Lipinski definition) is 4. The van der Waals surface area contributed by atoms with Crippen LogP contribution in [0.5, 0.6) is 0 Å². The van der Waals surface area contributed by atoms with Crippen molar-refractivity contribution in [3.63, 3.8) is 0 Å². The summed E-state index contributed by atoms with van der Waals surface area (Å²) in [6.07, 6.45) is 4.65. The molecule has 2 heterocycles. The highest BCUT2D eigenvalue weighted by Crippen LogP contribution is 2.18. The molecule has 1 atom stereocenters. The molecule has 0 spiro atoms. The normalized spacial score (nSPS) is 21.7. The summed E-state index contributed by atoms with van der Waals surface area (Å²) in [6, 6.07) is 7.50. The fourth-order valence-electron chi connectivity index (χ4n) is 3.51. The van der Waals surface area contributed by atoms with Gasteiger partial charge in [-0.05, 0) is 50.3 Å². The molecule has 2 saturated heterocycles. The van der Waals surface area contributed by atoms with Crippen LogP contribution in [0.15, 0.2) is 18.2 Å². The highest BCUT2D eigenvalue weighted by atomic mass is 16.5. The molecule has 2 amide bonds. The topological polar surface area (TPSA) is 77.4 Å². The first kappa shape index (κ1) is 17.7. The van der Waals surface area contributed by atoms with Gasteiger partial charge in [-0.2, -0.15) is 5.26 Å². The van der Waals surface area contributed by atoms with Gasteiger partial charge in [-0.25, -0.2) is 4.79 Å². The number of rotatable bonds is 4. The largest absolute Gasteiger partial charge is 0.377 e. The lowest BCUT2D eigenvalue weighted by Gasteiger charge is -2.33. The summed E-state index contributed by atoms with van der Waals surface area (Å²) in [5, 5.41) is 14.9. The van der Waals surface area contributed by atoms with Crippen LogP contribution in [-0.4, -0.2) is 49.3 Å². The lowest BCUT2D eigenvalue weighted by atomic mass is 10.0. The Morgan fingerprint density at radius 3 is 2.84 bits per heavy atom. The summed E-state index contributed by atoms with van der Waals surface area (Å²) >= 11 is 0. The van der Waals surface area contributed by atoms with E-state index in [4.69, 9.17) is 10.00 Å². The smallest absolute Gasteiger partial charge is 0.319 e. The van der Waals surface area contributed by atoms with Crippen molar-refractivity contribution in [2.24, 2.45) is 0 Å². The molecule has 3 rings (SSSR count). The maximum atomic E-state index is 12.2. The van der Waals surface area contributed by atoms with Crippen molar-refractivity contribution in [2.45, 2.75) is 44.8 Å². The zero-order valence-electron chi connectivity index (χ0n) is 14.8. The van der Waals surface area contributed by atoms with Crippen molar-refractivity contribution in [3.8, 4) is 6.07 Å². The summed E-state index contributed by atoms with van der Waals surface area (Å²) in [6.45, 7) is 5.78. The number of anilines is 1. The van der Waals surface area contributed by atoms with Gasteiger partial charge < -0.3 is 20.3 Å². The minimum atomic E-state index is -0.203. The van der Waals surface area contributed by atoms with Gasteiger partial charge in [-0.3, -0.25) is 0 Å². The molecule has 134 valence electrons. The molecule has 1 aromatic rings. The third-order valence-electron chi connectivity index (χ3n) is 5.02. The highest BCUT2D eigenvalue weighted by molar-refractivity contribution is 5.89. The maximum absolute atomic E-state index is 12.2. The van der Waals surface area contributed by atoms with E-state index in [2.05, 4.69) is 21.6 Å². The van der Waals surface area contributed by atoms with Crippen LogP contribution in [0.25, 0.3) is 0 Å². The third-order valence-corrected chi connectivity index (χ3v) is 5.02. The van der Waals surface area contributed by atoms with Gasteiger partial charge in [0.25, 0.3) is 0 Å². The zero-order chi connectivity index (χ0) is 17.6. The Kier molecular flexibility index (Phi) is 5.90. The molecule has 1 unspecified atom stereocenters. The van der Waals surface area contributed by atoms with E-state index in [0.717, 1.165) is 44.6 Å². The highest BCUT2D eigenvalue weighted by Gasteiger charge is 2.24. The quantitative estimate of drug-likeness (QED) is 0.882. The van der Waals surface area contributed by atoms with E-state index in [1.165, 1.54) is 12.8 Å². The predicted molar refractivity (Wildman–Crippen MR) is 96.5 cm³/mol. The van der Waals surface area contributed by atoms with Gasteiger partial charge in [-0.15, -0.1) is 0 Å². The van der Waals surface area contributed by atoms with Crippen molar-refractivity contribution in [1.82, 2.24) is 10.2 Å².